The second kappa shape index (κ2) is 12.3. The number of hydrogen-bond donors (Lipinski definition) is 3. The molecular formula is C27H32N4O7S. The highest BCUT2D eigenvalue weighted by molar-refractivity contribution is 7.92. The predicted octanol–water partition coefficient (Wildman–Crippen LogP) is 3.06. The molecule has 11 nitrogen and oxygen atoms in total. The van der Waals surface area contributed by atoms with Crippen LogP contribution in [-0.4, -0.2) is 83.0 Å². The van der Waals surface area contributed by atoms with E-state index in [1.54, 1.807) is 31.2 Å². The normalized spacial score (nSPS) is 14.7. The number of aryl methyl sites for hydroxylation is 1. The van der Waals surface area contributed by atoms with E-state index in [0.29, 0.717) is 42.1 Å². The van der Waals surface area contributed by atoms with E-state index in [9.17, 15) is 18.4 Å². The fourth-order valence-electron chi connectivity index (χ4n) is 4.48. The number of oxime groups is 1. The van der Waals surface area contributed by atoms with Gasteiger partial charge in [-0.15, -0.1) is 0 Å². The van der Waals surface area contributed by atoms with Gasteiger partial charge in [0.2, 0.25) is 10.0 Å². The Morgan fingerprint density at radius 2 is 1.79 bits per heavy atom. The Hall–Kier alpha value is -3.87. The summed E-state index contributed by atoms with van der Waals surface area (Å²) in [5.41, 5.74) is 1.22. The molecule has 0 aromatic heterocycles. The number of fused-ring (bicyclic) bond motifs is 1. The van der Waals surface area contributed by atoms with E-state index >= 15 is 0 Å². The molecular weight excluding hydrogens is 524 g/mol. The molecule has 208 valence electrons. The minimum atomic E-state index is -3.60. The number of sulfonamides is 1. The zero-order chi connectivity index (χ0) is 28.0. The van der Waals surface area contributed by atoms with Gasteiger partial charge in [0.25, 0.3) is 5.91 Å². The smallest absolute Gasteiger partial charge is 0.278 e. The minimum absolute atomic E-state index is 0.116. The largest absolute Gasteiger partial charge is 0.492 e. The molecule has 1 fully saturated rings. The van der Waals surface area contributed by atoms with Crippen molar-refractivity contribution < 1.29 is 32.6 Å². The van der Waals surface area contributed by atoms with Gasteiger partial charge in [0.15, 0.2) is 11.5 Å². The Kier molecular flexibility index (Phi) is 8.90. The van der Waals surface area contributed by atoms with Gasteiger partial charge in [0, 0.05) is 30.6 Å². The molecule has 12 heteroatoms. The highest BCUT2D eigenvalue weighted by Crippen LogP contribution is 2.36. The molecule has 0 aliphatic carbocycles. The molecule has 3 N–H and O–H groups in total. The van der Waals surface area contributed by atoms with Crippen molar-refractivity contribution >= 4 is 43.8 Å². The van der Waals surface area contributed by atoms with Gasteiger partial charge in [-0.2, -0.15) is 0 Å². The second-order valence-electron chi connectivity index (χ2n) is 9.13. The van der Waals surface area contributed by atoms with Crippen LogP contribution in [0.25, 0.3) is 10.8 Å². The Bertz CT molecular complexity index is 1480. The number of nitrogens with zero attached hydrogens (tertiary/aromatic N) is 2. The maximum Gasteiger partial charge on any atom is 0.278 e. The topological polar surface area (TPSA) is 139 Å². The first-order valence-corrected chi connectivity index (χ1v) is 14.2. The number of anilines is 2. The minimum Gasteiger partial charge on any atom is -0.492 e. The molecule has 0 saturated carbocycles. The third-order valence-electron chi connectivity index (χ3n) is 6.20. The van der Waals surface area contributed by atoms with Gasteiger partial charge in [0.05, 0.1) is 38.0 Å². The molecule has 0 radical (unpaired) electrons. The zero-order valence-electron chi connectivity index (χ0n) is 22.1. The van der Waals surface area contributed by atoms with Crippen LogP contribution in [0.4, 0.5) is 11.4 Å². The summed E-state index contributed by atoms with van der Waals surface area (Å²) in [6, 6.07) is 14.0. The first-order valence-electron chi connectivity index (χ1n) is 12.3. The van der Waals surface area contributed by atoms with Crippen molar-refractivity contribution in [3.63, 3.8) is 0 Å². The van der Waals surface area contributed by atoms with Crippen molar-refractivity contribution in [2.24, 2.45) is 5.16 Å². The van der Waals surface area contributed by atoms with Gasteiger partial charge in [-0.1, -0.05) is 29.4 Å². The number of carbonyl (C=O) groups excluding carboxylic acids is 1. The van der Waals surface area contributed by atoms with E-state index in [0.717, 1.165) is 31.3 Å². The van der Waals surface area contributed by atoms with E-state index in [2.05, 4.69) is 20.1 Å². The predicted molar refractivity (Wildman–Crippen MR) is 150 cm³/mol. The molecule has 1 aliphatic rings. The van der Waals surface area contributed by atoms with Crippen LogP contribution >= 0.6 is 0 Å². The van der Waals surface area contributed by atoms with Gasteiger partial charge in [0.1, 0.15) is 12.4 Å². The molecule has 4 rings (SSSR count). The third kappa shape index (κ3) is 6.96. The van der Waals surface area contributed by atoms with Crippen LogP contribution in [0.2, 0.25) is 0 Å². The van der Waals surface area contributed by atoms with E-state index in [1.165, 1.54) is 7.11 Å². The van der Waals surface area contributed by atoms with Crippen molar-refractivity contribution in [2.45, 2.75) is 6.92 Å². The molecule has 1 saturated heterocycles. The summed E-state index contributed by atoms with van der Waals surface area (Å²) in [4.78, 5) is 15.6. The standard InChI is InChI=1S/C27H32N4O7S/c1-18-16-22(26(36-2)23(17-18)30-39(3,34)35)28-27(32)25(29-33)21-8-9-24(20-7-5-4-6-19(20)21)38-15-12-31-10-13-37-14-11-31/h4-9,16-17,30,33H,10-15H2,1-3H3,(H,28,32)/b29-25-. The Morgan fingerprint density at radius 3 is 2.46 bits per heavy atom. The van der Waals surface area contributed by atoms with Crippen molar-refractivity contribution in [3.05, 3.63) is 59.7 Å². The monoisotopic (exact) mass is 556 g/mol. The van der Waals surface area contributed by atoms with Gasteiger partial charge in [-0.3, -0.25) is 14.4 Å². The lowest BCUT2D eigenvalue weighted by Crippen LogP contribution is -2.38. The highest BCUT2D eigenvalue weighted by Gasteiger charge is 2.22. The second-order valence-corrected chi connectivity index (χ2v) is 10.9. The third-order valence-corrected chi connectivity index (χ3v) is 6.79. The van der Waals surface area contributed by atoms with Crippen LogP contribution in [0.15, 0.2) is 53.7 Å². The molecule has 0 unspecified atom stereocenters. The molecule has 1 amide bonds. The van der Waals surface area contributed by atoms with Gasteiger partial charge >= 0.3 is 0 Å². The molecule has 1 heterocycles. The SMILES string of the molecule is COc1c(NC(=O)/C(=N\O)c2ccc(OCCN3CCOCC3)c3ccccc23)cc(C)cc1NS(C)(=O)=O. The molecule has 1 aliphatic heterocycles. The number of carbonyl (C=O) groups is 1. The van der Waals surface area contributed by atoms with E-state index < -0.39 is 15.9 Å². The first-order chi connectivity index (χ1) is 18.7. The fourth-order valence-corrected chi connectivity index (χ4v) is 5.03. The van der Waals surface area contributed by atoms with Gasteiger partial charge in [-0.25, -0.2) is 8.42 Å². The lowest BCUT2D eigenvalue weighted by molar-refractivity contribution is -0.110. The van der Waals surface area contributed by atoms with Crippen LogP contribution in [-0.2, 0) is 19.6 Å². The Morgan fingerprint density at radius 1 is 1.10 bits per heavy atom. The molecule has 39 heavy (non-hydrogen) atoms. The van der Waals surface area contributed by atoms with Crippen molar-refractivity contribution in [2.75, 3.05) is 62.9 Å². The lowest BCUT2D eigenvalue weighted by Gasteiger charge is -2.26. The van der Waals surface area contributed by atoms with E-state index in [4.69, 9.17) is 14.2 Å². The lowest BCUT2D eigenvalue weighted by atomic mass is 9.99. The van der Waals surface area contributed by atoms with Crippen molar-refractivity contribution in [1.82, 2.24) is 4.90 Å². The van der Waals surface area contributed by atoms with Gasteiger partial charge in [-0.05, 0) is 42.1 Å². The Balaban J connectivity index is 1.60. The van der Waals surface area contributed by atoms with E-state index in [1.807, 2.05) is 24.3 Å². The molecule has 3 aromatic rings. The summed E-state index contributed by atoms with van der Waals surface area (Å²) >= 11 is 0. The average Bonchev–Trinajstić information content (AvgIpc) is 2.89. The Labute approximate surface area is 227 Å². The summed E-state index contributed by atoms with van der Waals surface area (Å²) in [6.07, 6.45) is 1.02. The quantitative estimate of drug-likeness (QED) is 0.197. The van der Waals surface area contributed by atoms with Crippen LogP contribution in [0.3, 0.4) is 0 Å². The summed E-state index contributed by atoms with van der Waals surface area (Å²) in [5.74, 6) is 0.0561. The summed E-state index contributed by atoms with van der Waals surface area (Å²) in [7, 11) is -2.24. The number of amides is 1. The zero-order valence-corrected chi connectivity index (χ0v) is 22.9. The number of ether oxygens (including phenoxy) is 3. The average molecular weight is 557 g/mol. The van der Waals surface area contributed by atoms with Crippen LogP contribution in [0.5, 0.6) is 11.5 Å². The number of rotatable bonds is 10. The summed E-state index contributed by atoms with van der Waals surface area (Å²) in [5, 5.41) is 17.3. The summed E-state index contributed by atoms with van der Waals surface area (Å²) < 4.78 is 42.9. The number of methoxy groups -OCH3 is 1. The number of benzene rings is 3. The number of hydrogen-bond acceptors (Lipinski definition) is 9. The molecule has 3 aromatic carbocycles. The van der Waals surface area contributed by atoms with Crippen LogP contribution < -0.4 is 19.5 Å². The highest BCUT2D eigenvalue weighted by atomic mass is 32.2. The molecule has 0 spiro atoms. The summed E-state index contributed by atoms with van der Waals surface area (Å²) in [6.45, 7) is 6.16. The fraction of sp³-hybridized carbons (Fsp3) is 0.333. The molecule has 0 bridgehead atoms. The van der Waals surface area contributed by atoms with Crippen molar-refractivity contribution in [3.8, 4) is 11.5 Å². The molecule has 0 atom stereocenters. The van der Waals surface area contributed by atoms with Crippen molar-refractivity contribution in [1.29, 1.82) is 0 Å². The number of morpholine rings is 1. The maximum atomic E-state index is 13.4. The van der Waals surface area contributed by atoms with Gasteiger partial charge < -0.3 is 24.7 Å². The van der Waals surface area contributed by atoms with E-state index in [-0.39, 0.29) is 22.8 Å². The number of nitrogens with one attached hydrogen (secondary N) is 2. The van der Waals surface area contributed by atoms with Crippen LogP contribution in [0, 0.1) is 6.92 Å². The first kappa shape index (κ1) is 28.1. The van der Waals surface area contributed by atoms with Crippen LogP contribution in [0.1, 0.15) is 11.1 Å². The maximum absolute atomic E-state index is 13.4.